The van der Waals surface area contributed by atoms with Crippen molar-refractivity contribution in [3.63, 3.8) is 0 Å². The molecule has 132 valence electrons. The minimum absolute atomic E-state index is 0.105. The molecule has 2 aromatic rings. The number of hydrogen-bond acceptors (Lipinski definition) is 5. The molecule has 0 spiro atoms. The van der Waals surface area contributed by atoms with E-state index in [-0.39, 0.29) is 30.0 Å². The van der Waals surface area contributed by atoms with Crippen LogP contribution in [0.2, 0.25) is 0 Å². The first-order valence-corrected chi connectivity index (χ1v) is 8.76. The van der Waals surface area contributed by atoms with Crippen molar-refractivity contribution in [3.05, 3.63) is 48.7 Å². The van der Waals surface area contributed by atoms with Gasteiger partial charge in [0, 0.05) is 24.1 Å². The molecular formula is C18H21N3O3S. The minimum Gasteiger partial charge on any atom is -0.497 e. The number of benzene rings is 1. The zero-order chi connectivity index (χ0) is 18.1. The average Bonchev–Trinajstić information content (AvgIpc) is 2.63. The number of nitrogens with one attached hydrogen (secondary N) is 2. The maximum absolute atomic E-state index is 12.1. The third-order valence-electron chi connectivity index (χ3n) is 3.33. The molecule has 1 heterocycles. The van der Waals surface area contributed by atoms with E-state index in [4.69, 9.17) is 4.74 Å². The average molecular weight is 359 g/mol. The summed E-state index contributed by atoms with van der Waals surface area (Å²) in [5.41, 5.74) is 0. The van der Waals surface area contributed by atoms with Crippen LogP contribution in [0.5, 0.6) is 5.75 Å². The summed E-state index contributed by atoms with van der Waals surface area (Å²) >= 11 is 1.45. The molecule has 25 heavy (non-hydrogen) atoms. The molecule has 1 unspecified atom stereocenters. The number of thioether (sulfide) groups is 1. The lowest BCUT2D eigenvalue weighted by molar-refractivity contribution is -0.120. The Hall–Kier alpha value is -2.54. The number of carbonyl (C=O) groups is 2. The third kappa shape index (κ3) is 6.46. The minimum atomic E-state index is -0.257. The molecule has 2 rings (SSSR count). The Kier molecular flexibility index (Phi) is 7.28. The van der Waals surface area contributed by atoms with Crippen molar-refractivity contribution in [1.82, 2.24) is 10.3 Å². The van der Waals surface area contributed by atoms with Gasteiger partial charge in [-0.1, -0.05) is 6.07 Å². The van der Waals surface area contributed by atoms with E-state index in [0.29, 0.717) is 5.82 Å². The smallest absolute Gasteiger partial charge is 0.233 e. The standard InChI is InChI=1S/C18H21N3O3S/c1-13(25-15-8-6-14(24-2)7-9-15)18(23)20-12-10-17(22)21-16-5-3-4-11-19-16/h3-9,11,13H,10,12H2,1-2H3,(H,20,23)(H,19,21,22). The molecular weight excluding hydrogens is 338 g/mol. The van der Waals surface area contributed by atoms with Gasteiger partial charge in [-0.25, -0.2) is 4.98 Å². The van der Waals surface area contributed by atoms with Gasteiger partial charge in [0.2, 0.25) is 11.8 Å². The maximum Gasteiger partial charge on any atom is 0.233 e. The number of hydrogen-bond donors (Lipinski definition) is 2. The number of anilines is 1. The van der Waals surface area contributed by atoms with E-state index in [0.717, 1.165) is 10.6 Å². The van der Waals surface area contributed by atoms with Crippen molar-refractivity contribution in [2.45, 2.75) is 23.5 Å². The van der Waals surface area contributed by atoms with Crippen LogP contribution >= 0.6 is 11.8 Å². The fraction of sp³-hybridized carbons (Fsp3) is 0.278. The first kappa shape index (κ1) is 18.8. The molecule has 0 aliphatic heterocycles. The number of carbonyl (C=O) groups excluding carboxylic acids is 2. The lowest BCUT2D eigenvalue weighted by Gasteiger charge is -2.12. The largest absolute Gasteiger partial charge is 0.497 e. The van der Waals surface area contributed by atoms with Crippen LogP contribution in [-0.4, -0.2) is 35.7 Å². The summed E-state index contributed by atoms with van der Waals surface area (Å²) in [6, 6.07) is 12.8. The van der Waals surface area contributed by atoms with Crippen LogP contribution < -0.4 is 15.4 Å². The highest BCUT2D eigenvalue weighted by Crippen LogP contribution is 2.25. The van der Waals surface area contributed by atoms with Gasteiger partial charge in [-0.3, -0.25) is 9.59 Å². The molecule has 1 aromatic heterocycles. The number of nitrogens with zero attached hydrogens (tertiary/aromatic N) is 1. The van der Waals surface area contributed by atoms with E-state index in [2.05, 4.69) is 15.6 Å². The molecule has 0 saturated carbocycles. The summed E-state index contributed by atoms with van der Waals surface area (Å²) < 4.78 is 5.11. The van der Waals surface area contributed by atoms with Crippen LogP contribution in [0.3, 0.4) is 0 Å². The van der Waals surface area contributed by atoms with Crippen molar-refractivity contribution in [1.29, 1.82) is 0 Å². The fourth-order valence-corrected chi connectivity index (χ4v) is 2.89. The predicted molar refractivity (Wildman–Crippen MR) is 98.8 cm³/mol. The Bertz CT molecular complexity index is 692. The fourth-order valence-electron chi connectivity index (χ4n) is 2.00. The van der Waals surface area contributed by atoms with Gasteiger partial charge in [0.15, 0.2) is 0 Å². The second kappa shape index (κ2) is 9.68. The van der Waals surface area contributed by atoms with E-state index < -0.39 is 0 Å². The summed E-state index contributed by atoms with van der Waals surface area (Å²) in [5.74, 6) is 0.989. The predicted octanol–water partition coefficient (Wildman–Crippen LogP) is 2.72. The molecule has 2 amide bonds. The summed E-state index contributed by atoms with van der Waals surface area (Å²) in [4.78, 5) is 28.9. The van der Waals surface area contributed by atoms with Gasteiger partial charge >= 0.3 is 0 Å². The maximum atomic E-state index is 12.1. The Morgan fingerprint density at radius 1 is 1.20 bits per heavy atom. The molecule has 0 radical (unpaired) electrons. The Labute approximate surface area is 151 Å². The zero-order valence-electron chi connectivity index (χ0n) is 14.2. The second-order valence-corrected chi connectivity index (χ2v) is 6.65. The van der Waals surface area contributed by atoms with E-state index in [1.807, 2.05) is 31.2 Å². The molecule has 0 fully saturated rings. The van der Waals surface area contributed by atoms with Gasteiger partial charge in [-0.05, 0) is 43.3 Å². The Morgan fingerprint density at radius 2 is 1.96 bits per heavy atom. The van der Waals surface area contributed by atoms with Gasteiger partial charge in [0.25, 0.3) is 0 Å². The van der Waals surface area contributed by atoms with E-state index in [1.54, 1.807) is 31.5 Å². The van der Waals surface area contributed by atoms with Crippen LogP contribution in [-0.2, 0) is 9.59 Å². The summed E-state index contributed by atoms with van der Waals surface area (Å²) in [6.07, 6.45) is 1.80. The second-order valence-electron chi connectivity index (χ2n) is 5.24. The molecule has 2 N–H and O–H groups in total. The van der Waals surface area contributed by atoms with Crippen molar-refractivity contribution in [2.24, 2.45) is 0 Å². The highest BCUT2D eigenvalue weighted by atomic mass is 32.2. The lowest BCUT2D eigenvalue weighted by Crippen LogP contribution is -2.33. The number of amides is 2. The Morgan fingerprint density at radius 3 is 2.60 bits per heavy atom. The normalized spacial score (nSPS) is 11.4. The van der Waals surface area contributed by atoms with Crippen LogP contribution in [0.4, 0.5) is 5.82 Å². The van der Waals surface area contributed by atoms with E-state index in [9.17, 15) is 9.59 Å². The van der Waals surface area contributed by atoms with Crippen LogP contribution in [0.15, 0.2) is 53.6 Å². The number of rotatable bonds is 8. The van der Waals surface area contributed by atoms with Crippen molar-refractivity contribution < 1.29 is 14.3 Å². The van der Waals surface area contributed by atoms with Gasteiger partial charge in [0.05, 0.1) is 12.4 Å². The molecule has 0 aliphatic rings. The van der Waals surface area contributed by atoms with Crippen LogP contribution in [0, 0.1) is 0 Å². The molecule has 0 aliphatic carbocycles. The number of aromatic nitrogens is 1. The first-order chi connectivity index (χ1) is 12.1. The molecule has 0 saturated heterocycles. The lowest BCUT2D eigenvalue weighted by atomic mass is 10.3. The molecule has 0 bridgehead atoms. The highest BCUT2D eigenvalue weighted by molar-refractivity contribution is 8.00. The van der Waals surface area contributed by atoms with Gasteiger partial charge in [0.1, 0.15) is 11.6 Å². The topological polar surface area (TPSA) is 80.3 Å². The van der Waals surface area contributed by atoms with Crippen LogP contribution in [0.25, 0.3) is 0 Å². The van der Waals surface area contributed by atoms with Crippen molar-refractivity contribution in [3.8, 4) is 5.75 Å². The first-order valence-electron chi connectivity index (χ1n) is 7.88. The monoisotopic (exact) mass is 359 g/mol. The number of methoxy groups -OCH3 is 1. The highest BCUT2D eigenvalue weighted by Gasteiger charge is 2.14. The molecule has 1 aromatic carbocycles. The molecule has 1 atom stereocenters. The van der Waals surface area contributed by atoms with E-state index in [1.165, 1.54) is 11.8 Å². The zero-order valence-corrected chi connectivity index (χ0v) is 15.0. The summed E-state index contributed by atoms with van der Waals surface area (Å²) in [5, 5.41) is 5.20. The number of pyridine rings is 1. The number of ether oxygens (including phenoxy) is 1. The van der Waals surface area contributed by atoms with Gasteiger partial charge < -0.3 is 15.4 Å². The summed E-state index contributed by atoms with van der Waals surface area (Å²) in [6.45, 7) is 2.11. The molecule has 6 nitrogen and oxygen atoms in total. The molecule has 7 heteroatoms. The third-order valence-corrected chi connectivity index (χ3v) is 4.44. The SMILES string of the molecule is COc1ccc(SC(C)C(=O)NCCC(=O)Nc2ccccn2)cc1. The van der Waals surface area contributed by atoms with Gasteiger partial charge in [-0.15, -0.1) is 11.8 Å². The Balaban J connectivity index is 1.70. The van der Waals surface area contributed by atoms with Crippen LogP contribution in [0.1, 0.15) is 13.3 Å². The summed E-state index contributed by atoms with van der Waals surface area (Å²) in [7, 11) is 1.61. The quantitative estimate of drug-likeness (QED) is 0.709. The van der Waals surface area contributed by atoms with Gasteiger partial charge in [-0.2, -0.15) is 0 Å². The van der Waals surface area contributed by atoms with Crippen molar-refractivity contribution in [2.75, 3.05) is 19.0 Å². The van der Waals surface area contributed by atoms with Crippen molar-refractivity contribution >= 4 is 29.4 Å². The van der Waals surface area contributed by atoms with E-state index >= 15 is 0 Å².